The summed E-state index contributed by atoms with van der Waals surface area (Å²) in [5, 5.41) is 21.6. The molecule has 3 aromatic rings. The van der Waals surface area contributed by atoms with Crippen molar-refractivity contribution in [1.82, 2.24) is 9.97 Å². The fourth-order valence-electron chi connectivity index (χ4n) is 3.13. The number of phenols is 1. The topological polar surface area (TPSA) is 139 Å². The molecule has 0 fully saturated rings. The molecular formula is C24H23N3O6. The lowest BCUT2D eigenvalue weighted by atomic mass is 10.0. The molecule has 0 atom stereocenters. The number of carbonyl (C=O) groups is 3. The minimum atomic E-state index is -1.02. The van der Waals surface area contributed by atoms with Gasteiger partial charge in [-0.2, -0.15) is 0 Å². The standard InChI is InChI=1S/C24H23N3O6/c1-3-15-10-18(14(2)28)20(29)12-21(15)33-13-17-7-4-8-19(25-17)24(32)27-22-9-5-6-16(26-22)11-23(30)31/h4-10,12,29H,3,11,13H2,1-2H3,(H,30,31)(H,26,27,32). The molecule has 9 heteroatoms. The number of hydrogen-bond acceptors (Lipinski definition) is 7. The Morgan fingerprint density at radius 2 is 1.76 bits per heavy atom. The largest absolute Gasteiger partial charge is 0.507 e. The van der Waals surface area contributed by atoms with Gasteiger partial charge in [-0.15, -0.1) is 0 Å². The smallest absolute Gasteiger partial charge is 0.309 e. The fourth-order valence-corrected chi connectivity index (χ4v) is 3.13. The first-order valence-electron chi connectivity index (χ1n) is 10.2. The molecule has 0 aliphatic carbocycles. The molecule has 9 nitrogen and oxygen atoms in total. The lowest BCUT2D eigenvalue weighted by molar-refractivity contribution is -0.136. The maximum absolute atomic E-state index is 12.6. The number of aromatic nitrogens is 2. The van der Waals surface area contributed by atoms with Crippen LogP contribution in [-0.4, -0.2) is 37.8 Å². The van der Waals surface area contributed by atoms with Gasteiger partial charge in [0.05, 0.1) is 23.4 Å². The molecule has 0 saturated heterocycles. The van der Waals surface area contributed by atoms with Crippen molar-refractivity contribution in [2.45, 2.75) is 33.3 Å². The number of amides is 1. The molecule has 0 spiro atoms. The van der Waals surface area contributed by atoms with Gasteiger partial charge in [0.25, 0.3) is 5.91 Å². The van der Waals surface area contributed by atoms with Crippen LogP contribution in [0.15, 0.2) is 48.5 Å². The SMILES string of the molecule is CCc1cc(C(C)=O)c(O)cc1OCc1cccc(C(=O)Nc2cccc(CC(=O)O)n2)n1. The highest BCUT2D eigenvalue weighted by molar-refractivity contribution is 6.02. The van der Waals surface area contributed by atoms with E-state index >= 15 is 0 Å². The zero-order valence-corrected chi connectivity index (χ0v) is 18.2. The fraction of sp³-hybridized carbons (Fsp3) is 0.208. The number of carboxylic acid groups (broad SMARTS) is 1. The first-order valence-corrected chi connectivity index (χ1v) is 10.2. The van der Waals surface area contributed by atoms with Crippen LogP contribution in [0.2, 0.25) is 0 Å². The van der Waals surface area contributed by atoms with Crippen LogP contribution in [0.25, 0.3) is 0 Å². The highest BCUT2D eigenvalue weighted by atomic mass is 16.5. The van der Waals surface area contributed by atoms with Crippen molar-refractivity contribution in [2.24, 2.45) is 0 Å². The number of rotatable bonds is 9. The van der Waals surface area contributed by atoms with E-state index in [-0.39, 0.29) is 41.6 Å². The Labute approximate surface area is 190 Å². The Kier molecular flexibility index (Phi) is 7.34. The van der Waals surface area contributed by atoms with Gasteiger partial charge in [-0.1, -0.05) is 19.1 Å². The van der Waals surface area contributed by atoms with Gasteiger partial charge in [-0.3, -0.25) is 14.4 Å². The third-order valence-electron chi connectivity index (χ3n) is 4.73. The Balaban J connectivity index is 1.71. The van der Waals surface area contributed by atoms with Crippen molar-refractivity contribution in [3.05, 3.63) is 76.7 Å². The van der Waals surface area contributed by atoms with Crippen molar-refractivity contribution >= 4 is 23.5 Å². The van der Waals surface area contributed by atoms with Crippen molar-refractivity contribution in [1.29, 1.82) is 0 Å². The number of ketones is 1. The molecule has 0 aliphatic heterocycles. The maximum Gasteiger partial charge on any atom is 0.309 e. The average molecular weight is 449 g/mol. The molecule has 170 valence electrons. The van der Waals surface area contributed by atoms with Crippen LogP contribution in [0.5, 0.6) is 11.5 Å². The van der Waals surface area contributed by atoms with Crippen LogP contribution in [0.1, 0.15) is 51.6 Å². The van der Waals surface area contributed by atoms with Crippen LogP contribution >= 0.6 is 0 Å². The summed E-state index contributed by atoms with van der Waals surface area (Å²) >= 11 is 0. The molecule has 0 radical (unpaired) electrons. The monoisotopic (exact) mass is 449 g/mol. The van der Waals surface area contributed by atoms with E-state index in [2.05, 4.69) is 15.3 Å². The summed E-state index contributed by atoms with van der Waals surface area (Å²) in [4.78, 5) is 43.5. The van der Waals surface area contributed by atoms with Gasteiger partial charge in [0.2, 0.25) is 0 Å². The van der Waals surface area contributed by atoms with Crippen molar-refractivity contribution in [2.75, 3.05) is 5.32 Å². The molecule has 2 aromatic heterocycles. The molecule has 2 heterocycles. The summed E-state index contributed by atoms with van der Waals surface area (Å²) in [6.07, 6.45) is 0.344. The van der Waals surface area contributed by atoms with Crippen LogP contribution in [0, 0.1) is 0 Å². The summed E-state index contributed by atoms with van der Waals surface area (Å²) < 4.78 is 5.80. The molecule has 0 saturated carbocycles. The second-order valence-electron chi connectivity index (χ2n) is 7.23. The zero-order chi connectivity index (χ0) is 24.0. The minimum absolute atomic E-state index is 0.0410. The first-order chi connectivity index (χ1) is 15.8. The quantitative estimate of drug-likeness (QED) is 0.423. The number of carbonyl (C=O) groups excluding carboxylic acids is 2. The number of nitrogens with one attached hydrogen (secondary N) is 1. The van der Waals surface area contributed by atoms with Gasteiger partial charge in [0, 0.05) is 6.07 Å². The van der Waals surface area contributed by atoms with Crippen LogP contribution in [0.4, 0.5) is 5.82 Å². The number of nitrogens with zero attached hydrogens (tertiary/aromatic N) is 2. The molecule has 0 aliphatic rings. The number of aryl methyl sites for hydroxylation is 1. The number of aromatic hydroxyl groups is 1. The molecule has 3 rings (SSSR count). The van der Waals surface area contributed by atoms with Crippen LogP contribution in [0.3, 0.4) is 0 Å². The number of benzene rings is 1. The minimum Gasteiger partial charge on any atom is -0.507 e. The van der Waals surface area contributed by atoms with Gasteiger partial charge < -0.3 is 20.3 Å². The molecule has 3 N–H and O–H groups in total. The molecule has 1 aromatic carbocycles. The predicted octanol–water partition coefficient (Wildman–Crippen LogP) is 3.41. The summed E-state index contributed by atoms with van der Waals surface area (Å²) in [6, 6.07) is 12.6. The number of pyridine rings is 2. The first kappa shape index (κ1) is 23.4. The number of hydrogen-bond donors (Lipinski definition) is 3. The molecular weight excluding hydrogens is 426 g/mol. The highest BCUT2D eigenvalue weighted by Gasteiger charge is 2.14. The van der Waals surface area contributed by atoms with E-state index in [0.717, 1.165) is 5.56 Å². The summed E-state index contributed by atoms with van der Waals surface area (Å²) in [7, 11) is 0. The van der Waals surface area contributed by atoms with Gasteiger partial charge in [0.1, 0.15) is 29.6 Å². The second-order valence-corrected chi connectivity index (χ2v) is 7.23. The summed E-state index contributed by atoms with van der Waals surface area (Å²) in [5.74, 6) is -1.28. The molecule has 1 amide bonds. The van der Waals surface area contributed by atoms with Gasteiger partial charge in [0.15, 0.2) is 5.78 Å². The zero-order valence-electron chi connectivity index (χ0n) is 18.2. The van der Waals surface area contributed by atoms with Gasteiger partial charge in [-0.05, 0) is 49.2 Å². The second kappa shape index (κ2) is 10.4. The Morgan fingerprint density at radius 1 is 1.03 bits per heavy atom. The lowest BCUT2D eigenvalue weighted by Gasteiger charge is -2.13. The third-order valence-corrected chi connectivity index (χ3v) is 4.73. The number of anilines is 1. The van der Waals surface area contributed by atoms with E-state index in [9.17, 15) is 19.5 Å². The van der Waals surface area contributed by atoms with Crippen LogP contribution < -0.4 is 10.1 Å². The van der Waals surface area contributed by atoms with Crippen LogP contribution in [-0.2, 0) is 24.2 Å². The average Bonchev–Trinajstić information content (AvgIpc) is 2.77. The van der Waals surface area contributed by atoms with Gasteiger partial charge >= 0.3 is 5.97 Å². The predicted molar refractivity (Wildman–Crippen MR) is 120 cm³/mol. The maximum atomic E-state index is 12.6. The Morgan fingerprint density at radius 3 is 2.45 bits per heavy atom. The third kappa shape index (κ3) is 6.13. The van der Waals surface area contributed by atoms with Crippen molar-refractivity contribution < 1.29 is 29.3 Å². The summed E-state index contributed by atoms with van der Waals surface area (Å²) in [6.45, 7) is 3.33. The molecule has 0 unspecified atom stereocenters. The number of Topliss-reactive ketones (excluding diaryl/α,β-unsaturated/α-hetero) is 1. The molecule has 33 heavy (non-hydrogen) atoms. The van der Waals surface area contributed by atoms with E-state index in [4.69, 9.17) is 9.84 Å². The van der Waals surface area contributed by atoms with Crippen molar-refractivity contribution in [3.8, 4) is 11.5 Å². The van der Waals surface area contributed by atoms with E-state index < -0.39 is 11.9 Å². The van der Waals surface area contributed by atoms with E-state index in [1.54, 1.807) is 36.4 Å². The van der Waals surface area contributed by atoms with E-state index in [1.807, 2.05) is 6.92 Å². The number of carboxylic acids is 1. The number of phenolic OH excluding ortho intramolecular Hbond substituents is 1. The van der Waals surface area contributed by atoms with Gasteiger partial charge in [-0.25, -0.2) is 9.97 Å². The van der Waals surface area contributed by atoms with Crippen molar-refractivity contribution in [3.63, 3.8) is 0 Å². The van der Waals surface area contributed by atoms with E-state index in [1.165, 1.54) is 19.1 Å². The summed E-state index contributed by atoms with van der Waals surface area (Å²) in [5.41, 5.74) is 1.93. The lowest BCUT2D eigenvalue weighted by Crippen LogP contribution is -2.16. The Bertz CT molecular complexity index is 1210. The number of ether oxygens (including phenoxy) is 1. The number of aliphatic carboxylic acids is 1. The molecule has 0 bridgehead atoms. The highest BCUT2D eigenvalue weighted by Crippen LogP contribution is 2.29. The van der Waals surface area contributed by atoms with E-state index in [0.29, 0.717) is 23.6 Å². The normalized spacial score (nSPS) is 10.5. The Hall–Kier alpha value is -4.27.